The second-order valence-electron chi connectivity index (χ2n) is 7.90. The first-order valence-electron chi connectivity index (χ1n) is 10.6. The van der Waals surface area contributed by atoms with Crippen LogP contribution < -0.4 is 20.1 Å². The number of likely N-dealkylation sites (N-methyl/N-ethyl adjacent to an activating group) is 1. The molecule has 7 nitrogen and oxygen atoms in total. The molecule has 1 heterocycles. The van der Waals surface area contributed by atoms with E-state index in [1.807, 2.05) is 56.3 Å². The van der Waals surface area contributed by atoms with Gasteiger partial charge in [-0.05, 0) is 31.5 Å². The number of aliphatic imine (C=N–C) groups is 1. The highest BCUT2D eigenvalue weighted by molar-refractivity contribution is 5.85. The predicted molar refractivity (Wildman–Crippen MR) is 123 cm³/mol. The van der Waals surface area contributed by atoms with Crippen LogP contribution >= 0.6 is 0 Å². The summed E-state index contributed by atoms with van der Waals surface area (Å²) < 4.78 is 11.8. The smallest absolute Gasteiger partial charge is 0.243 e. The monoisotopic (exact) mass is 424 g/mol. The van der Waals surface area contributed by atoms with E-state index in [-0.39, 0.29) is 24.6 Å². The number of nitrogens with one attached hydrogen (secondary N) is 2. The third-order valence-corrected chi connectivity index (χ3v) is 5.12. The van der Waals surface area contributed by atoms with Crippen LogP contribution in [0.5, 0.6) is 11.5 Å². The molecule has 0 bridgehead atoms. The second kappa shape index (κ2) is 10.7. The minimum atomic E-state index is -0.0837. The first kappa shape index (κ1) is 22.5. The van der Waals surface area contributed by atoms with Gasteiger partial charge in [0, 0.05) is 26.1 Å². The Labute approximate surface area is 184 Å². The zero-order valence-electron chi connectivity index (χ0n) is 18.7. The lowest BCUT2D eigenvalue weighted by Crippen LogP contribution is -2.44. The van der Waals surface area contributed by atoms with E-state index in [0.717, 1.165) is 29.0 Å². The summed E-state index contributed by atoms with van der Waals surface area (Å²) in [5.41, 5.74) is 2.18. The van der Waals surface area contributed by atoms with Gasteiger partial charge in [0.1, 0.15) is 24.1 Å². The van der Waals surface area contributed by atoms with Crippen LogP contribution in [0.3, 0.4) is 0 Å². The summed E-state index contributed by atoms with van der Waals surface area (Å²) in [6.07, 6.45) is 0.730. The maximum absolute atomic E-state index is 12.1. The number of nitrogens with zero attached hydrogens (tertiary/aromatic N) is 2. The molecule has 0 aliphatic carbocycles. The molecule has 7 heteroatoms. The Morgan fingerprint density at radius 3 is 2.74 bits per heavy atom. The number of fused-ring (bicyclic) bond motifs is 1. The SMILES string of the molecule is Cc1ccccc1OC(C)CNC(=NCC(=O)N(C)C)NC1CCOc2ccccc21. The molecule has 0 saturated heterocycles. The molecule has 1 aliphatic heterocycles. The molecule has 0 fully saturated rings. The molecule has 2 N–H and O–H groups in total. The predicted octanol–water partition coefficient (Wildman–Crippen LogP) is 2.91. The van der Waals surface area contributed by atoms with Gasteiger partial charge in [-0.15, -0.1) is 0 Å². The highest BCUT2D eigenvalue weighted by atomic mass is 16.5. The Balaban J connectivity index is 1.67. The van der Waals surface area contributed by atoms with Crippen molar-refractivity contribution in [2.24, 2.45) is 4.99 Å². The van der Waals surface area contributed by atoms with Crippen molar-refractivity contribution in [3.63, 3.8) is 0 Å². The van der Waals surface area contributed by atoms with E-state index >= 15 is 0 Å². The van der Waals surface area contributed by atoms with Crippen molar-refractivity contribution in [3.05, 3.63) is 59.7 Å². The van der Waals surface area contributed by atoms with Gasteiger partial charge in [-0.1, -0.05) is 36.4 Å². The Hall–Kier alpha value is -3.22. The standard InChI is InChI=1S/C24H32N4O3/c1-17-9-5-7-11-21(17)31-18(2)15-25-24(26-16-23(29)28(3)4)27-20-13-14-30-22-12-8-6-10-19(20)22/h5-12,18,20H,13-16H2,1-4H3,(H2,25,26,27). The summed E-state index contributed by atoms with van der Waals surface area (Å²) in [7, 11) is 3.45. The summed E-state index contributed by atoms with van der Waals surface area (Å²) in [5.74, 6) is 2.27. The van der Waals surface area contributed by atoms with Crippen LogP contribution in [0.25, 0.3) is 0 Å². The molecular weight excluding hydrogens is 392 g/mol. The highest BCUT2D eigenvalue weighted by Crippen LogP contribution is 2.31. The lowest BCUT2D eigenvalue weighted by Gasteiger charge is -2.28. The van der Waals surface area contributed by atoms with Crippen molar-refractivity contribution in [2.75, 3.05) is 33.8 Å². The third kappa shape index (κ3) is 6.38. The van der Waals surface area contributed by atoms with Crippen molar-refractivity contribution in [3.8, 4) is 11.5 Å². The fourth-order valence-corrected chi connectivity index (χ4v) is 3.29. The van der Waals surface area contributed by atoms with Crippen molar-refractivity contribution in [2.45, 2.75) is 32.4 Å². The van der Waals surface area contributed by atoms with E-state index in [9.17, 15) is 4.79 Å². The normalized spacial score (nSPS) is 16.5. The molecule has 1 aliphatic rings. The van der Waals surface area contributed by atoms with Gasteiger partial charge in [0.2, 0.25) is 5.91 Å². The Bertz CT molecular complexity index is 913. The van der Waals surface area contributed by atoms with Crippen LogP contribution in [0.15, 0.2) is 53.5 Å². The van der Waals surface area contributed by atoms with Crippen LogP contribution in [0.4, 0.5) is 0 Å². The number of aryl methyl sites for hydroxylation is 1. The van der Waals surface area contributed by atoms with Crippen LogP contribution in [0, 0.1) is 6.92 Å². The van der Waals surface area contributed by atoms with E-state index in [4.69, 9.17) is 9.47 Å². The maximum Gasteiger partial charge on any atom is 0.243 e. The lowest BCUT2D eigenvalue weighted by atomic mass is 10.0. The summed E-state index contributed by atoms with van der Waals surface area (Å²) in [6, 6.07) is 16.0. The van der Waals surface area contributed by atoms with Crippen molar-refractivity contribution in [1.29, 1.82) is 0 Å². The van der Waals surface area contributed by atoms with Gasteiger partial charge in [-0.25, -0.2) is 4.99 Å². The Kier molecular flexibility index (Phi) is 7.76. The fraction of sp³-hybridized carbons (Fsp3) is 0.417. The first-order chi connectivity index (χ1) is 14.9. The number of para-hydroxylation sites is 2. The molecule has 0 radical (unpaired) electrons. The first-order valence-corrected chi connectivity index (χ1v) is 10.6. The molecule has 31 heavy (non-hydrogen) atoms. The number of ether oxygens (including phenoxy) is 2. The van der Waals surface area contributed by atoms with Crippen LogP contribution in [0.2, 0.25) is 0 Å². The lowest BCUT2D eigenvalue weighted by molar-refractivity contribution is -0.127. The van der Waals surface area contributed by atoms with Crippen LogP contribution in [-0.4, -0.2) is 56.7 Å². The second-order valence-corrected chi connectivity index (χ2v) is 7.90. The number of guanidine groups is 1. The minimum absolute atomic E-state index is 0.0539. The largest absolute Gasteiger partial charge is 0.493 e. The maximum atomic E-state index is 12.1. The van der Waals surface area contributed by atoms with Crippen LogP contribution in [0.1, 0.15) is 30.5 Å². The molecular formula is C24H32N4O3. The molecule has 2 unspecified atom stereocenters. The molecule has 2 aromatic rings. The van der Waals surface area contributed by atoms with Crippen molar-refractivity contribution in [1.82, 2.24) is 15.5 Å². The molecule has 0 saturated carbocycles. The van der Waals surface area contributed by atoms with Gasteiger partial charge in [-0.3, -0.25) is 4.79 Å². The fourth-order valence-electron chi connectivity index (χ4n) is 3.29. The number of carbonyl (C=O) groups is 1. The van der Waals surface area contributed by atoms with Gasteiger partial charge < -0.3 is 25.0 Å². The number of hydrogen-bond acceptors (Lipinski definition) is 4. The van der Waals surface area contributed by atoms with Gasteiger partial charge in [0.15, 0.2) is 5.96 Å². The van der Waals surface area contributed by atoms with Gasteiger partial charge in [0.05, 0.1) is 19.2 Å². The van der Waals surface area contributed by atoms with Gasteiger partial charge >= 0.3 is 0 Å². The summed E-state index contributed by atoms with van der Waals surface area (Å²) in [4.78, 5) is 18.1. The minimum Gasteiger partial charge on any atom is -0.493 e. The summed E-state index contributed by atoms with van der Waals surface area (Å²) in [6.45, 7) is 5.28. The number of rotatable bonds is 7. The van der Waals surface area contributed by atoms with E-state index in [0.29, 0.717) is 19.1 Å². The zero-order chi connectivity index (χ0) is 22.2. The average Bonchev–Trinajstić information content (AvgIpc) is 2.77. The number of amides is 1. The number of carbonyl (C=O) groups excluding carboxylic acids is 1. The molecule has 1 amide bonds. The molecule has 3 rings (SSSR count). The topological polar surface area (TPSA) is 75.2 Å². The van der Waals surface area contributed by atoms with Crippen molar-refractivity contribution >= 4 is 11.9 Å². The molecule has 0 spiro atoms. The van der Waals surface area contributed by atoms with Crippen molar-refractivity contribution < 1.29 is 14.3 Å². The molecule has 2 atom stereocenters. The van der Waals surface area contributed by atoms with E-state index in [2.05, 4.69) is 21.7 Å². The quantitative estimate of drug-likeness (QED) is 0.528. The van der Waals surface area contributed by atoms with Crippen LogP contribution in [-0.2, 0) is 4.79 Å². The number of hydrogen-bond donors (Lipinski definition) is 2. The molecule has 166 valence electrons. The highest BCUT2D eigenvalue weighted by Gasteiger charge is 2.22. The van der Waals surface area contributed by atoms with Gasteiger partial charge in [0.25, 0.3) is 0 Å². The zero-order valence-corrected chi connectivity index (χ0v) is 18.7. The van der Waals surface area contributed by atoms with E-state index in [1.54, 1.807) is 14.1 Å². The third-order valence-electron chi connectivity index (χ3n) is 5.12. The van der Waals surface area contributed by atoms with Gasteiger partial charge in [-0.2, -0.15) is 0 Å². The number of benzene rings is 2. The Morgan fingerprint density at radius 1 is 1.23 bits per heavy atom. The van der Waals surface area contributed by atoms with E-state index in [1.165, 1.54) is 4.90 Å². The Morgan fingerprint density at radius 2 is 1.97 bits per heavy atom. The van der Waals surface area contributed by atoms with E-state index < -0.39 is 0 Å². The molecule has 2 aromatic carbocycles. The molecule has 0 aromatic heterocycles. The average molecular weight is 425 g/mol. The summed E-state index contributed by atoms with van der Waals surface area (Å²) in [5, 5.41) is 6.80. The summed E-state index contributed by atoms with van der Waals surface area (Å²) >= 11 is 0.